The molecule has 8 aromatic heterocycles. The van der Waals surface area contributed by atoms with E-state index < -0.39 is 0 Å². The maximum Gasteiger partial charge on any atom is 0.418 e. The summed E-state index contributed by atoms with van der Waals surface area (Å²) in [6, 6.07) is 58.6. The van der Waals surface area contributed by atoms with Gasteiger partial charge in [-0.2, -0.15) is 0 Å². The molecule has 14 aromatic rings. The molecule has 0 fully saturated rings. The average Bonchev–Trinajstić information content (AvgIpc) is 0.804. The predicted octanol–water partition coefficient (Wildman–Crippen LogP) is 10.00. The Morgan fingerprint density at radius 3 is 1.20 bits per heavy atom. The summed E-state index contributed by atoms with van der Waals surface area (Å²) in [5, 5.41) is 4.99. The molecule has 0 saturated heterocycles. The molecule has 0 unspecified atom stereocenters. The molecule has 8 heterocycles. The first kappa shape index (κ1) is 64.0. The van der Waals surface area contributed by atoms with Crippen LogP contribution in [0, 0.1) is 41.5 Å². The molecule has 16 heteroatoms. The molecule has 0 N–H and O–H groups in total. The Labute approximate surface area is 550 Å². The number of hydrogen-bond donors (Lipinski definition) is 0. The Morgan fingerprint density at radius 1 is 0.255 bits per heavy atom. The Balaban J connectivity index is 0.000000128. The van der Waals surface area contributed by atoms with Crippen molar-refractivity contribution >= 4 is 21.5 Å². The highest BCUT2D eigenvalue weighted by atomic mass is 15.2. The normalized spacial score (nSPS) is 10.9. The van der Waals surface area contributed by atoms with Crippen LogP contribution >= 0.6 is 0 Å². The molecule has 0 aliphatic carbocycles. The lowest BCUT2D eigenvalue weighted by Gasteiger charge is -2.11. The van der Waals surface area contributed by atoms with E-state index in [0.29, 0.717) is 0 Å². The first-order chi connectivity index (χ1) is 45.5. The lowest BCUT2D eigenvalue weighted by atomic mass is 9.97. The number of aromatic nitrogens is 16. The number of rotatable bonds is 8. The maximum absolute atomic E-state index is 4.74. The van der Waals surface area contributed by atoms with Crippen molar-refractivity contribution in [1.29, 1.82) is 0 Å². The van der Waals surface area contributed by atoms with Gasteiger partial charge in [0, 0.05) is 84.6 Å². The van der Waals surface area contributed by atoms with Crippen LogP contribution in [-0.2, 0) is 56.4 Å². The van der Waals surface area contributed by atoms with Gasteiger partial charge in [-0.1, -0.05) is 115 Å². The molecule has 0 spiro atoms. The molecule has 0 atom stereocenters. The van der Waals surface area contributed by atoms with Crippen molar-refractivity contribution in [2.75, 3.05) is 0 Å². The molecule has 14 rings (SSSR count). The number of fused-ring (bicyclic) bond motifs is 2. The van der Waals surface area contributed by atoms with E-state index in [2.05, 4.69) is 220 Å². The minimum Gasteiger partial charge on any atom is -0.226 e. The van der Waals surface area contributed by atoms with Crippen LogP contribution < -0.4 is 36.5 Å². The van der Waals surface area contributed by atoms with Crippen molar-refractivity contribution < 1.29 is 36.5 Å². The van der Waals surface area contributed by atoms with Gasteiger partial charge >= 0.3 is 46.6 Å². The van der Waals surface area contributed by atoms with Gasteiger partial charge in [-0.05, 0) is 117 Å². The van der Waals surface area contributed by atoms with Crippen molar-refractivity contribution in [2.24, 2.45) is 56.4 Å². The summed E-state index contributed by atoms with van der Waals surface area (Å²) in [7, 11) is 16.1. The highest BCUT2D eigenvalue weighted by Gasteiger charge is 2.32. The van der Waals surface area contributed by atoms with E-state index in [1.807, 2.05) is 162 Å². The van der Waals surface area contributed by atoms with Gasteiger partial charge < -0.3 is 0 Å². The van der Waals surface area contributed by atoms with Crippen LogP contribution in [0.1, 0.15) is 33.6 Å². The van der Waals surface area contributed by atoms with E-state index in [-0.39, 0.29) is 0 Å². The third-order valence-electron chi connectivity index (χ3n) is 17.0. The number of benzene rings is 6. The van der Waals surface area contributed by atoms with E-state index in [1.165, 1.54) is 66.1 Å². The molecule has 94 heavy (non-hydrogen) atoms. The van der Waals surface area contributed by atoms with Crippen molar-refractivity contribution in [3.8, 4) is 91.6 Å². The molecule has 0 saturated carbocycles. The molecular weight excluding hydrogens is 1160 g/mol. The summed E-state index contributed by atoms with van der Waals surface area (Å²) in [4.78, 5) is 36.5. The molecule has 0 aliphatic rings. The van der Waals surface area contributed by atoms with E-state index in [0.717, 1.165) is 80.8 Å². The second-order valence-corrected chi connectivity index (χ2v) is 23.6. The van der Waals surface area contributed by atoms with Crippen molar-refractivity contribution in [3.63, 3.8) is 0 Å². The van der Waals surface area contributed by atoms with Crippen LogP contribution in [-0.4, -0.2) is 39.9 Å². The van der Waals surface area contributed by atoms with E-state index in [9.17, 15) is 0 Å². The Kier molecular flexibility index (Phi) is 19.3. The van der Waals surface area contributed by atoms with E-state index in [4.69, 9.17) is 4.98 Å². The average molecular weight is 1240 g/mol. The van der Waals surface area contributed by atoms with E-state index in [1.54, 1.807) is 18.6 Å². The third kappa shape index (κ3) is 13.6. The minimum absolute atomic E-state index is 0.838. The van der Waals surface area contributed by atoms with Gasteiger partial charge in [0.05, 0.1) is 81.2 Å². The van der Waals surface area contributed by atoms with Gasteiger partial charge in [0.2, 0.25) is 0 Å². The topological polar surface area (TPSA) is 134 Å². The number of aryl methyl sites for hydroxylation is 10. The van der Waals surface area contributed by atoms with Crippen LogP contribution in [0.3, 0.4) is 0 Å². The SMILES string of the molecule is Cc1cc2ccccc2cc1-c1ccnc(-c2nccc[n+]2C)[n+]1C.Cc1cc[n+](C)c(-c2nc(C)cc(-c3ccccc3C)[n+]2C)n1.Cc1ccc2ccccc2c1-c1ccnc(-c2nccc[n+]2C)[n+]1C.Cc1ccccc1-c1ccnc(-c2nccc[n+]2C)[n+]1C. The molecule has 16 nitrogen and oxygen atoms in total. The fraction of sp³-hybridized carbons (Fsp3) is 0.179. The molecular formula is C78H80N16+8. The number of nitrogens with zero attached hydrogens (tertiary/aromatic N) is 16. The van der Waals surface area contributed by atoms with Gasteiger partial charge in [-0.15, -0.1) is 0 Å². The molecule has 0 bridgehead atoms. The summed E-state index contributed by atoms with van der Waals surface area (Å²) >= 11 is 0. The van der Waals surface area contributed by atoms with E-state index >= 15 is 0 Å². The first-order valence-corrected chi connectivity index (χ1v) is 31.3. The van der Waals surface area contributed by atoms with Crippen LogP contribution in [0.15, 0.2) is 232 Å². The molecule has 6 aromatic carbocycles. The van der Waals surface area contributed by atoms with Gasteiger partial charge in [0.25, 0.3) is 0 Å². The second-order valence-electron chi connectivity index (χ2n) is 23.6. The van der Waals surface area contributed by atoms with Gasteiger partial charge in [-0.3, -0.25) is 0 Å². The molecule has 0 radical (unpaired) electrons. The lowest BCUT2D eigenvalue weighted by molar-refractivity contribution is -0.689. The minimum atomic E-state index is 0.838. The van der Waals surface area contributed by atoms with Crippen molar-refractivity contribution in [1.82, 2.24) is 39.9 Å². The molecule has 464 valence electrons. The fourth-order valence-electron chi connectivity index (χ4n) is 11.9. The van der Waals surface area contributed by atoms with Crippen LogP contribution in [0.5, 0.6) is 0 Å². The summed E-state index contributed by atoms with van der Waals surface area (Å²) in [5.74, 6) is 6.78. The highest BCUT2D eigenvalue weighted by Crippen LogP contribution is 2.31. The Morgan fingerprint density at radius 2 is 0.670 bits per heavy atom. The smallest absolute Gasteiger partial charge is 0.226 e. The zero-order valence-corrected chi connectivity index (χ0v) is 56.1. The predicted molar refractivity (Wildman–Crippen MR) is 364 cm³/mol. The largest absolute Gasteiger partial charge is 0.418 e. The lowest BCUT2D eigenvalue weighted by Crippen LogP contribution is -2.42. The van der Waals surface area contributed by atoms with Gasteiger partial charge in [0.1, 0.15) is 60.0 Å². The van der Waals surface area contributed by atoms with Gasteiger partial charge in [0.15, 0.2) is 11.4 Å². The summed E-state index contributed by atoms with van der Waals surface area (Å²) < 4.78 is 16.4. The van der Waals surface area contributed by atoms with Crippen LogP contribution in [0.2, 0.25) is 0 Å². The standard InChI is InChI=1S/2C21H20N4.C19H22N4.C17H18N4/c1-15-9-10-16-7-4-5-8-17(16)19(15)18-11-13-23-21(25(18)3)20-22-12-6-14-24(20)2;1-15-13-16-7-4-5-8-17(16)14-18(15)19-9-11-23-21(25(19)3)20-22-10-6-12-24(20)2;1-13-8-6-7-9-16(13)17-12-15(3)21-19(23(17)5)18-20-14(2)10-11-22(18)4;1-13-7-4-5-8-14(13)15-9-11-19-17(21(15)3)16-18-10-6-12-20(16)2/h2*4-14H,1-3H3;6-12H,1-5H3;4-12H,1-3H3/q4*+2. The van der Waals surface area contributed by atoms with Crippen molar-refractivity contribution in [3.05, 3.63) is 265 Å². The molecule has 0 amide bonds. The monoisotopic (exact) mass is 1240 g/mol. The summed E-state index contributed by atoms with van der Waals surface area (Å²) in [5.41, 5.74) is 16.4. The fourth-order valence-corrected chi connectivity index (χ4v) is 11.9. The van der Waals surface area contributed by atoms with Crippen LogP contribution in [0.25, 0.3) is 113 Å². The van der Waals surface area contributed by atoms with Crippen LogP contribution in [0.4, 0.5) is 0 Å². The summed E-state index contributed by atoms with van der Waals surface area (Å²) in [6.45, 7) is 12.6. The zero-order valence-electron chi connectivity index (χ0n) is 56.1. The van der Waals surface area contributed by atoms with Gasteiger partial charge in [-0.25, -0.2) is 36.5 Å². The molecule has 0 aliphatic heterocycles. The summed E-state index contributed by atoms with van der Waals surface area (Å²) in [6.07, 6.45) is 18.9. The third-order valence-corrected chi connectivity index (χ3v) is 17.0. The first-order valence-electron chi connectivity index (χ1n) is 31.3. The van der Waals surface area contributed by atoms with Crippen molar-refractivity contribution in [2.45, 2.75) is 41.5 Å². The highest BCUT2D eigenvalue weighted by molar-refractivity contribution is 5.97. The Bertz CT molecular complexity index is 5050. The Hall–Kier alpha value is -11.5. The number of hydrogen-bond acceptors (Lipinski definition) is 8. The second kappa shape index (κ2) is 28.3. The maximum atomic E-state index is 4.74. The zero-order chi connectivity index (χ0) is 66.2. The quantitative estimate of drug-likeness (QED) is 0.137.